The van der Waals surface area contributed by atoms with Gasteiger partial charge in [0.1, 0.15) is 5.75 Å². The van der Waals surface area contributed by atoms with Gasteiger partial charge in [-0.1, -0.05) is 28.1 Å². The molecule has 2 aromatic rings. The molecule has 1 heterocycles. The van der Waals surface area contributed by atoms with Crippen LogP contribution in [0, 0.1) is 10.1 Å². The fourth-order valence-corrected chi connectivity index (χ4v) is 5.00. The molecule has 0 aliphatic carbocycles. The van der Waals surface area contributed by atoms with Crippen LogP contribution in [0.2, 0.25) is 0 Å². The maximum atomic E-state index is 12.8. The number of hydrogen-bond acceptors (Lipinski definition) is 6. The Kier molecular flexibility index (Phi) is 5.80. The summed E-state index contributed by atoms with van der Waals surface area (Å²) in [6.45, 7) is 1.87. The molecule has 0 bridgehead atoms. The van der Waals surface area contributed by atoms with Crippen LogP contribution in [0.1, 0.15) is 5.56 Å². The van der Waals surface area contributed by atoms with Crippen molar-refractivity contribution in [3.05, 3.63) is 62.6 Å². The molecule has 1 N–H and O–H groups in total. The van der Waals surface area contributed by atoms with Gasteiger partial charge in [0.05, 0.1) is 4.92 Å². The second-order valence-corrected chi connectivity index (χ2v) is 9.00. The number of nitro groups is 1. The molecule has 0 radical (unpaired) electrons. The van der Waals surface area contributed by atoms with E-state index in [4.69, 9.17) is 0 Å². The molecule has 10 heteroatoms. The molecule has 1 saturated heterocycles. The summed E-state index contributed by atoms with van der Waals surface area (Å²) in [5.41, 5.74) is 0.332. The molecule has 0 spiro atoms. The minimum Gasteiger partial charge on any atom is -0.508 e. The number of sulfonamides is 1. The fourth-order valence-electron chi connectivity index (χ4n) is 3.01. The Morgan fingerprint density at radius 1 is 1.11 bits per heavy atom. The number of para-hydroxylation sites is 1. The van der Waals surface area contributed by atoms with Gasteiger partial charge in [-0.3, -0.25) is 15.0 Å². The lowest BCUT2D eigenvalue weighted by Gasteiger charge is -2.34. The smallest absolute Gasteiger partial charge is 0.289 e. The van der Waals surface area contributed by atoms with Crippen LogP contribution < -0.4 is 0 Å². The number of hydrogen-bond donors (Lipinski definition) is 1. The summed E-state index contributed by atoms with van der Waals surface area (Å²) in [7, 11) is -3.94. The van der Waals surface area contributed by atoms with Crippen LogP contribution in [0.5, 0.6) is 5.75 Å². The standard InChI is InChI=1S/C17H18BrN3O5S/c18-14-5-6-16(22)13(11-14)12-19-7-9-20(10-8-19)27(25,26)17-4-2-1-3-15(17)21(23)24/h1-6,11,22H,7-10,12H2. The van der Waals surface area contributed by atoms with Gasteiger partial charge in [0.2, 0.25) is 10.0 Å². The number of halogens is 1. The number of rotatable bonds is 5. The molecule has 1 aliphatic heterocycles. The Morgan fingerprint density at radius 3 is 2.44 bits per heavy atom. The summed E-state index contributed by atoms with van der Waals surface area (Å²) in [4.78, 5) is 12.2. The zero-order valence-electron chi connectivity index (χ0n) is 14.3. The van der Waals surface area contributed by atoms with Crippen LogP contribution in [0.3, 0.4) is 0 Å². The number of piperazine rings is 1. The summed E-state index contributed by atoms with van der Waals surface area (Å²) >= 11 is 3.37. The Labute approximate surface area is 165 Å². The normalized spacial score (nSPS) is 16.3. The zero-order chi connectivity index (χ0) is 19.6. The third-order valence-corrected chi connectivity index (χ3v) is 6.89. The van der Waals surface area contributed by atoms with Crippen molar-refractivity contribution in [2.75, 3.05) is 26.2 Å². The average Bonchev–Trinajstić information content (AvgIpc) is 2.65. The quantitative estimate of drug-likeness (QED) is 0.548. The number of phenols is 1. The molecule has 27 heavy (non-hydrogen) atoms. The molecule has 0 unspecified atom stereocenters. The van der Waals surface area contributed by atoms with E-state index in [2.05, 4.69) is 15.9 Å². The first-order valence-electron chi connectivity index (χ1n) is 8.22. The maximum Gasteiger partial charge on any atom is 0.289 e. The lowest BCUT2D eigenvalue weighted by molar-refractivity contribution is -0.387. The fraction of sp³-hybridized carbons (Fsp3) is 0.294. The monoisotopic (exact) mass is 455 g/mol. The summed E-state index contributed by atoms with van der Waals surface area (Å²) in [5.74, 6) is 0.188. The van der Waals surface area contributed by atoms with Crippen molar-refractivity contribution in [2.45, 2.75) is 11.4 Å². The topological polar surface area (TPSA) is 104 Å². The van der Waals surface area contributed by atoms with Crippen molar-refractivity contribution < 1.29 is 18.4 Å². The first-order valence-corrected chi connectivity index (χ1v) is 10.5. The van der Waals surface area contributed by atoms with E-state index < -0.39 is 20.6 Å². The van der Waals surface area contributed by atoms with Gasteiger partial charge in [-0.15, -0.1) is 0 Å². The Balaban J connectivity index is 1.72. The summed E-state index contributed by atoms with van der Waals surface area (Å²) in [6.07, 6.45) is 0. The van der Waals surface area contributed by atoms with E-state index in [1.807, 2.05) is 11.0 Å². The van der Waals surface area contributed by atoms with Gasteiger partial charge in [0.15, 0.2) is 4.90 Å². The highest BCUT2D eigenvalue weighted by atomic mass is 79.9. The SMILES string of the molecule is O=[N+]([O-])c1ccccc1S(=O)(=O)N1CCN(Cc2cc(Br)ccc2O)CC1. The third kappa shape index (κ3) is 4.29. The number of phenolic OH excluding ortho intramolecular Hbond substituents is 1. The van der Waals surface area contributed by atoms with E-state index in [1.54, 1.807) is 12.1 Å². The maximum absolute atomic E-state index is 12.8. The Morgan fingerprint density at radius 2 is 1.78 bits per heavy atom. The molecular formula is C17H18BrN3O5S. The van der Waals surface area contributed by atoms with Crippen LogP contribution in [0.4, 0.5) is 5.69 Å². The molecule has 0 aromatic heterocycles. The first-order chi connectivity index (χ1) is 12.8. The van der Waals surface area contributed by atoms with Crippen LogP contribution in [0.25, 0.3) is 0 Å². The van der Waals surface area contributed by atoms with Crippen LogP contribution in [-0.2, 0) is 16.6 Å². The predicted molar refractivity (Wildman–Crippen MR) is 103 cm³/mol. The molecule has 3 rings (SSSR count). The molecule has 0 amide bonds. The summed E-state index contributed by atoms with van der Waals surface area (Å²) in [6, 6.07) is 10.6. The first kappa shape index (κ1) is 19.7. The summed E-state index contributed by atoms with van der Waals surface area (Å²) < 4.78 is 27.8. The molecular weight excluding hydrogens is 438 g/mol. The second-order valence-electron chi connectivity index (χ2n) is 6.18. The molecule has 8 nitrogen and oxygen atoms in total. The highest BCUT2D eigenvalue weighted by Crippen LogP contribution is 2.28. The lowest BCUT2D eigenvalue weighted by atomic mass is 10.2. The number of aromatic hydroxyl groups is 1. The van der Waals surface area contributed by atoms with E-state index in [0.29, 0.717) is 19.6 Å². The van der Waals surface area contributed by atoms with Gasteiger partial charge < -0.3 is 5.11 Å². The predicted octanol–water partition coefficient (Wildman–Crippen LogP) is 2.57. The van der Waals surface area contributed by atoms with Crippen molar-refractivity contribution in [3.8, 4) is 5.75 Å². The molecule has 0 atom stereocenters. The molecule has 1 aliphatic rings. The van der Waals surface area contributed by atoms with Gasteiger partial charge in [-0.2, -0.15) is 4.31 Å². The van der Waals surface area contributed by atoms with Crippen molar-refractivity contribution in [3.63, 3.8) is 0 Å². The number of nitro benzene ring substituents is 1. The zero-order valence-corrected chi connectivity index (χ0v) is 16.7. The van der Waals surface area contributed by atoms with E-state index in [9.17, 15) is 23.6 Å². The van der Waals surface area contributed by atoms with E-state index in [1.165, 1.54) is 28.6 Å². The van der Waals surface area contributed by atoms with Crippen molar-refractivity contribution >= 4 is 31.6 Å². The third-order valence-electron chi connectivity index (χ3n) is 4.45. The van der Waals surface area contributed by atoms with Gasteiger partial charge in [-0.05, 0) is 24.3 Å². The largest absolute Gasteiger partial charge is 0.508 e. The summed E-state index contributed by atoms with van der Waals surface area (Å²) in [5, 5.41) is 21.1. The van der Waals surface area contributed by atoms with Gasteiger partial charge >= 0.3 is 0 Å². The lowest BCUT2D eigenvalue weighted by Crippen LogP contribution is -2.48. The highest BCUT2D eigenvalue weighted by molar-refractivity contribution is 9.10. The minimum absolute atomic E-state index is 0.188. The Hall–Kier alpha value is -2.01. The van der Waals surface area contributed by atoms with Crippen molar-refractivity contribution in [2.24, 2.45) is 0 Å². The van der Waals surface area contributed by atoms with Crippen LogP contribution in [0.15, 0.2) is 51.8 Å². The van der Waals surface area contributed by atoms with Gasteiger partial charge in [0, 0.05) is 48.8 Å². The molecule has 2 aromatic carbocycles. The second kappa shape index (κ2) is 7.93. The molecule has 1 fully saturated rings. The van der Waals surface area contributed by atoms with Crippen LogP contribution >= 0.6 is 15.9 Å². The highest BCUT2D eigenvalue weighted by Gasteiger charge is 2.33. The van der Waals surface area contributed by atoms with E-state index >= 15 is 0 Å². The van der Waals surface area contributed by atoms with Gasteiger partial charge in [-0.25, -0.2) is 8.42 Å². The number of benzene rings is 2. The van der Waals surface area contributed by atoms with Crippen molar-refractivity contribution in [1.29, 1.82) is 0 Å². The number of nitrogens with zero attached hydrogens (tertiary/aromatic N) is 3. The Bertz CT molecular complexity index is 959. The average molecular weight is 456 g/mol. The molecule has 144 valence electrons. The van der Waals surface area contributed by atoms with Crippen LogP contribution in [-0.4, -0.2) is 53.8 Å². The van der Waals surface area contributed by atoms with Gasteiger partial charge in [0.25, 0.3) is 5.69 Å². The van der Waals surface area contributed by atoms with E-state index in [-0.39, 0.29) is 23.7 Å². The minimum atomic E-state index is -3.94. The van der Waals surface area contributed by atoms with E-state index in [0.717, 1.165) is 10.0 Å². The molecule has 0 saturated carbocycles. The van der Waals surface area contributed by atoms with Crippen molar-refractivity contribution in [1.82, 2.24) is 9.21 Å².